The molecule has 1 aromatic carbocycles. The minimum Gasteiger partial charge on any atom is -0.497 e. The monoisotopic (exact) mass is 400 g/mol. The van der Waals surface area contributed by atoms with E-state index in [1.807, 2.05) is 23.9 Å². The fourth-order valence-electron chi connectivity index (χ4n) is 3.54. The van der Waals surface area contributed by atoms with Gasteiger partial charge in [0.1, 0.15) is 5.75 Å². The number of aryl methyl sites for hydroxylation is 2. The molecule has 0 spiro atoms. The van der Waals surface area contributed by atoms with E-state index in [-0.39, 0.29) is 12.1 Å². The molecule has 2 N–H and O–H groups in total. The third-order valence-electron chi connectivity index (χ3n) is 5.34. The van der Waals surface area contributed by atoms with Crippen LogP contribution in [0.15, 0.2) is 29.3 Å². The van der Waals surface area contributed by atoms with Crippen LogP contribution >= 0.6 is 0 Å². The first-order valence-corrected chi connectivity index (χ1v) is 10.0. The Kier molecular flexibility index (Phi) is 8.08. The van der Waals surface area contributed by atoms with Crippen LogP contribution < -0.4 is 15.4 Å². The number of aromatic nitrogens is 2. The van der Waals surface area contributed by atoms with Crippen molar-refractivity contribution in [1.29, 1.82) is 0 Å². The third kappa shape index (κ3) is 5.97. The van der Waals surface area contributed by atoms with Crippen molar-refractivity contribution in [3.63, 3.8) is 0 Å². The Morgan fingerprint density at radius 2 is 2.03 bits per heavy atom. The van der Waals surface area contributed by atoms with E-state index in [1.54, 1.807) is 14.2 Å². The number of rotatable bonds is 8. The summed E-state index contributed by atoms with van der Waals surface area (Å²) in [5.41, 5.74) is 4.80. The molecule has 0 saturated carbocycles. The predicted molar refractivity (Wildman–Crippen MR) is 120 cm³/mol. The number of hydrogen-bond donors (Lipinski definition) is 2. The van der Waals surface area contributed by atoms with E-state index in [1.165, 1.54) is 16.8 Å². The Balaban J connectivity index is 2.00. The van der Waals surface area contributed by atoms with E-state index in [2.05, 4.69) is 72.6 Å². The van der Waals surface area contributed by atoms with Gasteiger partial charge in [-0.2, -0.15) is 5.10 Å². The van der Waals surface area contributed by atoms with Gasteiger partial charge in [0, 0.05) is 32.4 Å². The van der Waals surface area contributed by atoms with Crippen LogP contribution in [-0.4, -0.2) is 61.5 Å². The molecule has 0 aliphatic carbocycles. The van der Waals surface area contributed by atoms with Crippen LogP contribution in [-0.2, 0) is 13.5 Å². The molecule has 0 fully saturated rings. The molecular weight excluding hydrogens is 364 g/mol. The first kappa shape index (κ1) is 22.7. The SMILES string of the molecule is CN=C(NCC(c1cccc(OC)c1)N(C)C)NC(C)Cc1c(C)nn(C)c1C. The van der Waals surface area contributed by atoms with Crippen LogP contribution in [0.4, 0.5) is 0 Å². The highest BCUT2D eigenvalue weighted by Gasteiger charge is 2.17. The zero-order chi connectivity index (χ0) is 21.6. The fraction of sp³-hybridized carbons (Fsp3) is 0.545. The summed E-state index contributed by atoms with van der Waals surface area (Å²) in [5, 5.41) is 11.5. The quantitative estimate of drug-likeness (QED) is 0.526. The normalized spacial score (nSPS) is 14.0. The van der Waals surface area contributed by atoms with Crippen LogP contribution in [0.25, 0.3) is 0 Å². The number of guanidine groups is 1. The first-order valence-electron chi connectivity index (χ1n) is 10.0. The molecule has 160 valence electrons. The summed E-state index contributed by atoms with van der Waals surface area (Å²) in [5.74, 6) is 1.67. The summed E-state index contributed by atoms with van der Waals surface area (Å²) in [6, 6.07) is 8.63. The van der Waals surface area contributed by atoms with E-state index in [0.29, 0.717) is 0 Å². The lowest BCUT2D eigenvalue weighted by atomic mass is 10.1. The van der Waals surface area contributed by atoms with E-state index in [4.69, 9.17) is 4.74 Å². The summed E-state index contributed by atoms with van der Waals surface area (Å²) >= 11 is 0. The lowest BCUT2D eigenvalue weighted by Crippen LogP contribution is -2.45. The third-order valence-corrected chi connectivity index (χ3v) is 5.34. The summed E-state index contributed by atoms with van der Waals surface area (Å²) in [6.07, 6.45) is 0.902. The Morgan fingerprint density at radius 1 is 1.31 bits per heavy atom. The van der Waals surface area contributed by atoms with Gasteiger partial charge < -0.3 is 20.3 Å². The second kappa shape index (κ2) is 10.3. The Morgan fingerprint density at radius 3 is 2.59 bits per heavy atom. The topological polar surface area (TPSA) is 66.7 Å². The second-order valence-corrected chi connectivity index (χ2v) is 7.73. The van der Waals surface area contributed by atoms with E-state index in [9.17, 15) is 0 Å². The molecule has 7 heteroatoms. The van der Waals surface area contributed by atoms with Crippen molar-refractivity contribution in [2.24, 2.45) is 12.0 Å². The molecule has 0 saturated heterocycles. The number of aliphatic imine (C=N–C) groups is 1. The molecular formula is C22H36N6O. The molecule has 2 atom stereocenters. The van der Waals surface area contributed by atoms with Crippen LogP contribution in [0.5, 0.6) is 5.75 Å². The van der Waals surface area contributed by atoms with E-state index < -0.39 is 0 Å². The van der Waals surface area contributed by atoms with Gasteiger partial charge >= 0.3 is 0 Å². The molecule has 2 unspecified atom stereocenters. The molecule has 29 heavy (non-hydrogen) atoms. The lowest BCUT2D eigenvalue weighted by molar-refractivity contribution is 0.297. The summed E-state index contributed by atoms with van der Waals surface area (Å²) in [6.45, 7) is 7.09. The number of methoxy groups -OCH3 is 1. The highest BCUT2D eigenvalue weighted by molar-refractivity contribution is 5.80. The van der Waals surface area contributed by atoms with Crippen molar-refractivity contribution >= 4 is 5.96 Å². The number of nitrogens with one attached hydrogen (secondary N) is 2. The molecule has 2 rings (SSSR count). The zero-order valence-electron chi connectivity index (χ0n) is 19.1. The van der Waals surface area contributed by atoms with Crippen molar-refractivity contribution < 1.29 is 4.74 Å². The number of nitrogens with zero attached hydrogens (tertiary/aromatic N) is 4. The number of likely N-dealkylation sites (N-methyl/N-ethyl adjacent to an activating group) is 1. The summed E-state index contributed by atoms with van der Waals surface area (Å²) < 4.78 is 7.32. The van der Waals surface area contributed by atoms with Gasteiger partial charge in [0.25, 0.3) is 0 Å². The maximum Gasteiger partial charge on any atom is 0.191 e. The molecule has 7 nitrogen and oxygen atoms in total. The largest absolute Gasteiger partial charge is 0.497 e. The van der Waals surface area contributed by atoms with Crippen molar-refractivity contribution in [3.05, 3.63) is 46.8 Å². The van der Waals surface area contributed by atoms with Crippen LogP contribution in [0, 0.1) is 13.8 Å². The molecule has 0 amide bonds. The van der Waals surface area contributed by atoms with E-state index in [0.717, 1.165) is 30.4 Å². The van der Waals surface area contributed by atoms with E-state index >= 15 is 0 Å². The maximum atomic E-state index is 5.38. The van der Waals surface area contributed by atoms with Crippen molar-refractivity contribution in [2.75, 3.05) is 34.8 Å². The Hall–Kier alpha value is -2.54. The highest BCUT2D eigenvalue weighted by Crippen LogP contribution is 2.22. The summed E-state index contributed by atoms with van der Waals surface area (Å²) in [7, 11) is 9.65. The standard InChI is InChI=1S/C22H36N6O/c1-15(12-20-16(2)26-28(7)17(20)3)25-22(23-4)24-14-21(27(5)6)18-10-9-11-19(13-18)29-8/h9-11,13,15,21H,12,14H2,1-8H3,(H2,23,24,25). The average molecular weight is 401 g/mol. The van der Waals surface area contributed by atoms with Gasteiger partial charge in [0.15, 0.2) is 5.96 Å². The molecule has 0 bridgehead atoms. The van der Waals surface area contributed by atoms with Gasteiger partial charge in [-0.25, -0.2) is 0 Å². The minimum absolute atomic E-state index is 0.196. The number of ether oxygens (including phenoxy) is 1. The van der Waals surface area contributed by atoms with Crippen molar-refractivity contribution in [1.82, 2.24) is 25.3 Å². The lowest BCUT2D eigenvalue weighted by Gasteiger charge is -2.27. The minimum atomic E-state index is 0.196. The average Bonchev–Trinajstić information content (AvgIpc) is 2.93. The van der Waals surface area contributed by atoms with Gasteiger partial charge in [0.05, 0.1) is 18.8 Å². The molecule has 0 radical (unpaired) electrons. The number of benzene rings is 1. The predicted octanol–water partition coefficient (Wildman–Crippen LogP) is 2.44. The van der Waals surface area contributed by atoms with Gasteiger partial charge in [-0.15, -0.1) is 0 Å². The Bertz CT molecular complexity index is 827. The Labute approximate surface area is 175 Å². The van der Waals surface area contributed by atoms with Crippen molar-refractivity contribution in [2.45, 2.75) is 39.3 Å². The first-order chi connectivity index (χ1) is 13.8. The fourth-order valence-corrected chi connectivity index (χ4v) is 3.54. The number of hydrogen-bond acceptors (Lipinski definition) is 4. The van der Waals surface area contributed by atoms with Crippen LogP contribution in [0.3, 0.4) is 0 Å². The molecule has 1 aromatic heterocycles. The zero-order valence-corrected chi connectivity index (χ0v) is 19.1. The second-order valence-electron chi connectivity index (χ2n) is 7.73. The molecule has 1 heterocycles. The van der Waals surface area contributed by atoms with Gasteiger partial charge in [-0.05, 0) is 64.5 Å². The van der Waals surface area contributed by atoms with Gasteiger partial charge in [0.2, 0.25) is 0 Å². The van der Waals surface area contributed by atoms with Crippen LogP contribution in [0.1, 0.15) is 35.5 Å². The smallest absolute Gasteiger partial charge is 0.191 e. The highest BCUT2D eigenvalue weighted by atomic mass is 16.5. The van der Waals surface area contributed by atoms with Gasteiger partial charge in [-0.3, -0.25) is 9.67 Å². The van der Waals surface area contributed by atoms with Crippen molar-refractivity contribution in [3.8, 4) is 5.75 Å². The summed E-state index contributed by atoms with van der Waals surface area (Å²) in [4.78, 5) is 6.60. The van der Waals surface area contributed by atoms with Crippen LogP contribution in [0.2, 0.25) is 0 Å². The molecule has 2 aromatic rings. The maximum absolute atomic E-state index is 5.38. The molecule has 0 aliphatic heterocycles. The van der Waals surface area contributed by atoms with Gasteiger partial charge in [-0.1, -0.05) is 12.1 Å². The molecule has 0 aliphatic rings.